The van der Waals surface area contributed by atoms with Crippen molar-refractivity contribution in [3.05, 3.63) is 34.9 Å². The first-order valence-electron chi connectivity index (χ1n) is 8.97. The Bertz CT molecular complexity index is 645. The van der Waals surface area contributed by atoms with Crippen LogP contribution in [0.5, 0.6) is 0 Å². The summed E-state index contributed by atoms with van der Waals surface area (Å²) in [5.74, 6) is -0.134. The molecule has 2 amide bonds. The predicted molar refractivity (Wildman–Crippen MR) is 98.0 cm³/mol. The van der Waals surface area contributed by atoms with Gasteiger partial charge in [0.25, 0.3) is 0 Å². The second-order valence-electron chi connectivity index (χ2n) is 7.51. The Hall–Kier alpha value is -1.59. The maximum atomic E-state index is 12.9. The van der Waals surface area contributed by atoms with E-state index in [4.69, 9.17) is 17.3 Å². The van der Waals surface area contributed by atoms with Crippen LogP contribution in [-0.4, -0.2) is 46.8 Å². The fraction of sp³-hybridized carbons (Fsp3) is 0.579. The number of amides is 2. The molecule has 1 saturated carbocycles. The molecule has 0 aromatic heterocycles. The van der Waals surface area contributed by atoms with E-state index in [2.05, 4.69) is 0 Å². The summed E-state index contributed by atoms with van der Waals surface area (Å²) in [5, 5.41) is 0.683. The number of benzene rings is 1. The highest BCUT2D eigenvalue weighted by atomic mass is 35.5. The minimum Gasteiger partial charge on any atom is -0.335 e. The van der Waals surface area contributed by atoms with Gasteiger partial charge in [-0.15, -0.1) is 0 Å². The molecule has 3 rings (SSSR count). The summed E-state index contributed by atoms with van der Waals surface area (Å²) < 4.78 is 0. The molecule has 136 valence electrons. The lowest BCUT2D eigenvalue weighted by atomic mass is 9.74. The molecule has 1 aliphatic heterocycles. The third-order valence-electron chi connectivity index (χ3n) is 5.47. The van der Waals surface area contributed by atoms with Gasteiger partial charge in [-0.25, -0.2) is 0 Å². The van der Waals surface area contributed by atoms with Crippen LogP contribution >= 0.6 is 11.6 Å². The van der Waals surface area contributed by atoms with E-state index < -0.39 is 5.54 Å². The second-order valence-corrected chi connectivity index (χ2v) is 7.94. The van der Waals surface area contributed by atoms with Crippen LogP contribution < -0.4 is 5.73 Å². The van der Waals surface area contributed by atoms with Crippen molar-refractivity contribution in [2.75, 3.05) is 19.6 Å². The normalized spacial score (nSPS) is 27.5. The molecule has 0 bridgehead atoms. The number of rotatable bonds is 3. The van der Waals surface area contributed by atoms with E-state index in [0.29, 0.717) is 24.7 Å². The molecular formula is C19H26ClN3O2. The van der Waals surface area contributed by atoms with Gasteiger partial charge >= 0.3 is 0 Å². The molecule has 1 saturated heterocycles. The minimum absolute atomic E-state index is 0.0101. The van der Waals surface area contributed by atoms with E-state index >= 15 is 0 Å². The Kier molecular flexibility index (Phi) is 5.35. The van der Waals surface area contributed by atoms with Gasteiger partial charge in [0.1, 0.15) is 0 Å². The molecule has 1 aromatic rings. The van der Waals surface area contributed by atoms with Crippen molar-refractivity contribution in [2.45, 2.75) is 44.7 Å². The first kappa shape index (κ1) is 18.2. The first-order valence-corrected chi connectivity index (χ1v) is 9.34. The quantitative estimate of drug-likeness (QED) is 0.896. The van der Waals surface area contributed by atoms with Crippen molar-refractivity contribution < 1.29 is 9.59 Å². The van der Waals surface area contributed by atoms with Crippen molar-refractivity contribution >= 4 is 23.4 Å². The van der Waals surface area contributed by atoms with Gasteiger partial charge in [0.05, 0.1) is 12.5 Å². The Morgan fingerprint density at radius 2 is 2.00 bits per heavy atom. The SMILES string of the molecule is CC1(N)CCCCC1C(=O)N1CCN(Cc2ccc(Cl)cc2)C(=O)C1. The van der Waals surface area contributed by atoms with Gasteiger partial charge < -0.3 is 15.5 Å². The summed E-state index contributed by atoms with van der Waals surface area (Å²) in [5.41, 5.74) is 6.93. The standard InChI is InChI=1S/C19H26ClN3O2/c1-19(21)9-3-2-4-16(19)18(25)23-11-10-22(17(24)13-23)12-14-5-7-15(20)8-6-14/h5-8,16H,2-4,9-13,21H2,1H3. The zero-order chi connectivity index (χ0) is 18.0. The van der Waals surface area contributed by atoms with E-state index in [0.717, 1.165) is 31.2 Å². The molecule has 2 fully saturated rings. The van der Waals surface area contributed by atoms with E-state index in [1.54, 1.807) is 9.80 Å². The molecule has 0 spiro atoms. The molecule has 2 aliphatic rings. The highest BCUT2D eigenvalue weighted by molar-refractivity contribution is 6.30. The number of nitrogens with zero attached hydrogens (tertiary/aromatic N) is 2. The first-order chi connectivity index (χ1) is 11.9. The van der Waals surface area contributed by atoms with E-state index in [9.17, 15) is 9.59 Å². The molecule has 1 aromatic carbocycles. The summed E-state index contributed by atoms with van der Waals surface area (Å²) in [4.78, 5) is 28.9. The fourth-order valence-corrected chi connectivity index (χ4v) is 3.98. The molecule has 5 nitrogen and oxygen atoms in total. The largest absolute Gasteiger partial charge is 0.335 e. The van der Waals surface area contributed by atoms with Crippen molar-refractivity contribution in [3.63, 3.8) is 0 Å². The van der Waals surface area contributed by atoms with Crippen molar-refractivity contribution in [1.29, 1.82) is 0 Å². The minimum atomic E-state index is -0.460. The molecule has 6 heteroatoms. The van der Waals surface area contributed by atoms with Gasteiger partial charge in [0, 0.05) is 30.2 Å². The average Bonchev–Trinajstić information content (AvgIpc) is 2.57. The Morgan fingerprint density at radius 3 is 2.64 bits per heavy atom. The fourth-order valence-electron chi connectivity index (χ4n) is 3.86. The highest BCUT2D eigenvalue weighted by Crippen LogP contribution is 2.33. The van der Waals surface area contributed by atoms with Crippen LogP contribution in [0.1, 0.15) is 38.2 Å². The Labute approximate surface area is 154 Å². The molecule has 1 aliphatic carbocycles. The lowest BCUT2D eigenvalue weighted by Crippen LogP contribution is -2.58. The van der Waals surface area contributed by atoms with E-state index in [1.807, 2.05) is 31.2 Å². The molecule has 2 atom stereocenters. The van der Waals surface area contributed by atoms with Crippen LogP contribution in [0, 0.1) is 5.92 Å². The van der Waals surface area contributed by atoms with E-state index in [1.165, 1.54) is 0 Å². The molecular weight excluding hydrogens is 338 g/mol. The summed E-state index contributed by atoms with van der Waals surface area (Å²) in [7, 11) is 0. The molecule has 2 N–H and O–H groups in total. The van der Waals surface area contributed by atoms with Crippen LogP contribution in [0.3, 0.4) is 0 Å². The second kappa shape index (κ2) is 7.34. The monoisotopic (exact) mass is 363 g/mol. The van der Waals surface area contributed by atoms with Gasteiger partial charge in [-0.05, 0) is 37.5 Å². The van der Waals surface area contributed by atoms with Crippen molar-refractivity contribution in [3.8, 4) is 0 Å². The molecule has 0 radical (unpaired) electrons. The number of carbonyl (C=O) groups is 2. The Balaban J connectivity index is 1.60. The highest BCUT2D eigenvalue weighted by Gasteiger charge is 2.41. The zero-order valence-electron chi connectivity index (χ0n) is 14.7. The zero-order valence-corrected chi connectivity index (χ0v) is 15.5. The van der Waals surface area contributed by atoms with Crippen molar-refractivity contribution in [1.82, 2.24) is 9.80 Å². The molecule has 25 heavy (non-hydrogen) atoms. The summed E-state index contributed by atoms with van der Waals surface area (Å²) >= 11 is 5.90. The maximum Gasteiger partial charge on any atom is 0.242 e. The van der Waals surface area contributed by atoms with Crippen LogP contribution in [0.4, 0.5) is 0 Å². The number of carbonyl (C=O) groups excluding carboxylic acids is 2. The lowest BCUT2D eigenvalue weighted by molar-refractivity contribution is -0.150. The number of nitrogens with two attached hydrogens (primary N) is 1. The average molecular weight is 364 g/mol. The van der Waals surface area contributed by atoms with Crippen LogP contribution in [0.15, 0.2) is 24.3 Å². The van der Waals surface area contributed by atoms with Gasteiger partial charge in [-0.2, -0.15) is 0 Å². The van der Waals surface area contributed by atoms with Crippen LogP contribution in [0.25, 0.3) is 0 Å². The summed E-state index contributed by atoms with van der Waals surface area (Å²) in [6.07, 6.45) is 3.80. The topological polar surface area (TPSA) is 66.6 Å². The Morgan fingerprint density at radius 1 is 1.28 bits per heavy atom. The van der Waals surface area contributed by atoms with Gasteiger partial charge in [-0.3, -0.25) is 9.59 Å². The van der Waals surface area contributed by atoms with Crippen molar-refractivity contribution in [2.24, 2.45) is 11.7 Å². The lowest BCUT2D eigenvalue weighted by Gasteiger charge is -2.42. The number of hydrogen-bond donors (Lipinski definition) is 1. The molecule has 2 unspecified atom stereocenters. The smallest absolute Gasteiger partial charge is 0.242 e. The van der Waals surface area contributed by atoms with Gasteiger partial charge in [0.2, 0.25) is 11.8 Å². The third-order valence-corrected chi connectivity index (χ3v) is 5.72. The van der Waals surface area contributed by atoms with E-state index in [-0.39, 0.29) is 24.3 Å². The van der Waals surface area contributed by atoms with Gasteiger partial charge in [0.15, 0.2) is 0 Å². The number of halogens is 1. The predicted octanol–water partition coefficient (Wildman–Crippen LogP) is 2.42. The number of hydrogen-bond acceptors (Lipinski definition) is 3. The number of piperazine rings is 1. The van der Waals surface area contributed by atoms with Crippen LogP contribution in [0.2, 0.25) is 5.02 Å². The molecule has 1 heterocycles. The summed E-state index contributed by atoms with van der Waals surface area (Å²) in [6.45, 7) is 3.80. The van der Waals surface area contributed by atoms with Crippen LogP contribution in [-0.2, 0) is 16.1 Å². The summed E-state index contributed by atoms with van der Waals surface area (Å²) in [6, 6.07) is 7.50. The van der Waals surface area contributed by atoms with Gasteiger partial charge in [-0.1, -0.05) is 36.6 Å². The third kappa shape index (κ3) is 4.15. The maximum absolute atomic E-state index is 12.9.